The van der Waals surface area contributed by atoms with Crippen LogP contribution in [0.4, 0.5) is 4.79 Å². The lowest BCUT2D eigenvalue weighted by atomic mass is 9.74. The van der Waals surface area contributed by atoms with Gasteiger partial charge in [0.25, 0.3) is 0 Å². The molecular formula is C13H26N2O2. The van der Waals surface area contributed by atoms with E-state index < -0.39 is 5.60 Å². The first-order chi connectivity index (χ1) is 7.65. The van der Waals surface area contributed by atoms with Crippen molar-refractivity contribution < 1.29 is 9.53 Å². The van der Waals surface area contributed by atoms with E-state index >= 15 is 0 Å². The van der Waals surface area contributed by atoms with Crippen LogP contribution in [0.2, 0.25) is 0 Å². The van der Waals surface area contributed by atoms with Crippen molar-refractivity contribution in [3.05, 3.63) is 0 Å². The van der Waals surface area contributed by atoms with E-state index in [4.69, 9.17) is 10.5 Å². The minimum Gasteiger partial charge on any atom is -0.444 e. The lowest BCUT2D eigenvalue weighted by Crippen LogP contribution is -2.51. The Balaban J connectivity index is 2.62. The number of ether oxygens (including phenoxy) is 1. The summed E-state index contributed by atoms with van der Waals surface area (Å²) in [6.45, 7) is 12.2. The highest BCUT2D eigenvalue weighted by atomic mass is 16.6. The van der Waals surface area contributed by atoms with Crippen LogP contribution in [-0.2, 0) is 4.74 Å². The predicted molar refractivity (Wildman–Crippen MR) is 68.7 cm³/mol. The molecule has 0 aromatic heterocycles. The number of hydrogen-bond acceptors (Lipinski definition) is 3. The molecule has 0 radical (unpaired) electrons. The molecule has 1 rings (SSSR count). The smallest absolute Gasteiger partial charge is 0.410 e. The van der Waals surface area contributed by atoms with Crippen molar-refractivity contribution in [3.63, 3.8) is 0 Å². The van der Waals surface area contributed by atoms with Crippen molar-refractivity contribution in [3.8, 4) is 0 Å². The Kier molecular flexibility index (Phi) is 4.07. The molecule has 0 spiro atoms. The first-order valence-corrected chi connectivity index (χ1v) is 6.34. The molecule has 17 heavy (non-hydrogen) atoms. The zero-order valence-corrected chi connectivity index (χ0v) is 11.7. The van der Waals surface area contributed by atoms with Gasteiger partial charge in [-0.05, 0) is 45.1 Å². The van der Waals surface area contributed by atoms with Gasteiger partial charge in [0.1, 0.15) is 5.60 Å². The number of nitrogens with zero attached hydrogens (tertiary/aromatic N) is 1. The number of piperidine rings is 1. The quantitative estimate of drug-likeness (QED) is 0.767. The van der Waals surface area contributed by atoms with Crippen LogP contribution in [0.3, 0.4) is 0 Å². The number of nitrogens with two attached hydrogens (primary N) is 1. The first kappa shape index (κ1) is 14.3. The van der Waals surface area contributed by atoms with Gasteiger partial charge in [0.15, 0.2) is 0 Å². The van der Waals surface area contributed by atoms with Crippen molar-refractivity contribution in [2.75, 3.05) is 19.6 Å². The van der Waals surface area contributed by atoms with E-state index in [0.29, 0.717) is 12.5 Å². The van der Waals surface area contributed by atoms with E-state index in [1.165, 1.54) is 0 Å². The van der Waals surface area contributed by atoms with Gasteiger partial charge < -0.3 is 15.4 Å². The monoisotopic (exact) mass is 242 g/mol. The molecule has 100 valence electrons. The fourth-order valence-electron chi connectivity index (χ4n) is 2.32. The molecule has 4 heteroatoms. The third-order valence-electron chi connectivity index (χ3n) is 3.39. The summed E-state index contributed by atoms with van der Waals surface area (Å²) >= 11 is 0. The van der Waals surface area contributed by atoms with Crippen LogP contribution in [0.1, 0.15) is 41.0 Å². The van der Waals surface area contributed by atoms with E-state index in [1.54, 1.807) is 4.90 Å². The summed E-state index contributed by atoms with van der Waals surface area (Å²) < 4.78 is 5.40. The van der Waals surface area contributed by atoms with Crippen molar-refractivity contribution in [1.82, 2.24) is 4.90 Å². The second kappa shape index (κ2) is 4.84. The summed E-state index contributed by atoms with van der Waals surface area (Å²) in [6, 6.07) is 0. The minimum atomic E-state index is -0.425. The fourth-order valence-corrected chi connectivity index (χ4v) is 2.32. The molecule has 0 saturated carbocycles. The average molecular weight is 242 g/mol. The van der Waals surface area contributed by atoms with Crippen molar-refractivity contribution in [2.45, 2.75) is 46.6 Å². The molecule has 0 bridgehead atoms. The van der Waals surface area contributed by atoms with Gasteiger partial charge in [0.2, 0.25) is 0 Å². The number of carbonyl (C=O) groups is 1. The Morgan fingerprint density at radius 1 is 1.47 bits per heavy atom. The molecule has 1 heterocycles. The van der Waals surface area contributed by atoms with Crippen molar-refractivity contribution in [2.24, 2.45) is 17.1 Å². The molecule has 1 aliphatic heterocycles. The zero-order valence-electron chi connectivity index (χ0n) is 11.7. The maximum Gasteiger partial charge on any atom is 0.410 e. The molecule has 0 aromatic carbocycles. The Morgan fingerprint density at radius 2 is 2.06 bits per heavy atom. The highest BCUT2D eigenvalue weighted by Crippen LogP contribution is 2.34. The second-order valence-electron chi connectivity index (χ2n) is 6.61. The number of amides is 1. The van der Waals surface area contributed by atoms with Gasteiger partial charge in [-0.15, -0.1) is 0 Å². The maximum absolute atomic E-state index is 12.0. The van der Waals surface area contributed by atoms with Gasteiger partial charge in [0, 0.05) is 13.1 Å². The third-order valence-corrected chi connectivity index (χ3v) is 3.39. The molecule has 0 aliphatic carbocycles. The summed E-state index contributed by atoms with van der Waals surface area (Å²) in [4.78, 5) is 13.8. The summed E-state index contributed by atoms with van der Waals surface area (Å²) in [7, 11) is 0. The van der Waals surface area contributed by atoms with Crippen LogP contribution >= 0.6 is 0 Å². The topological polar surface area (TPSA) is 55.6 Å². The molecule has 0 aromatic rings. The van der Waals surface area contributed by atoms with Gasteiger partial charge in [-0.2, -0.15) is 0 Å². The highest BCUT2D eigenvalue weighted by Gasteiger charge is 2.37. The molecule has 1 saturated heterocycles. The zero-order chi connectivity index (χ0) is 13.3. The second-order valence-corrected chi connectivity index (χ2v) is 6.61. The van der Waals surface area contributed by atoms with Crippen LogP contribution in [-0.4, -0.2) is 36.2 Å². The summed E-state index contributed by atoms with van der Waals surface area (Å²) in [5, 5.41) is 0. The molecule has 1 unspecified atom stereocenters. The van der Waals surface area contributed by atoms with Gasteiger partial charge in [-0.25, -0.2) is 4.79 Å². The van der Waals surface area contributed by atoms with Crippen LogP contribution in [0.25, 0.3) is 0 Å². The van der Waals surface area contributed by atoms with E-state index in [0.717, 1.165) is 19.5 Å². The van der Waals surface area contributed by atoms with Crippen LogP contribution < -0.4 is 5.73 Å². The van der Waals surface area contributed by atoms with Crippen molar-refractivity contribution in [1.29, 1.82) is 0 Å². The molecular weight excluding hydrogens is 216 g/mol. The van der Waals surface area contributed by atoms with Crippen LogP contribution in [0.15, 0.2) is 0 Å². The van der Waals surface area contributed by atoms with Gasteiger partial charge in [0.05, 0.1) is 0 Å². The van der Waals surface area contributed by atoms with E-state index in [-0.39, 0.29) is 11.5 Å². The Hall–Kier alpha value is -0.770. The first-order valence-electron chi connectivity index (χ1n) is 6.34. The average Bonchev–Trinajstić information content (AvgIpc) is 2.13. The lowest BCUT2D eigenvalue weighted by Gasteiger charge is -2.44. The minimum absolute atomic E-state index is 0.0733. The van der Waals surface area contributed by atoms with E-state index in [1.807, 2.05) is 20.8 Å². The molecule has 4 nitrogen and oxygen atoms in total. The van der Waals surface area contributed by atoms with E-state index in [2.05, 4.69) is 13.8 Å². The fraction of sp³-hybridized carbons (Fsp3) is 0.923. The lowest BCUT2D eigenvalue weighted by molar-refractivity contribution is -0.00289. The molecule has 2 N–H and O–H groups in total. The van der Waals surface area contributed by atoms with Crippen LogP contribution in [0.5, 0.6) is 0 Å². The molecule has 1 fully saturated rings. The summed E-state index contributed by atoms with van der Waals surface area (Å²) in [5.41, 5.74) is 5.42. The Labute approximate surface area is 104 Å². The number of rotatable bonds is 1. The number of likely N-dealkylation sites (tertiary alicyclic amines) is 1. The Bertz CT molecular complexity index is 282. The predicted octanol–water partition coefficient (Wildman–Crippen LogP) is 2.23. The van der Waals surface area contributed by atoms with Crippen molar-refractivity contribution >= 4 is 6.09 Å². The maximum atomic E-state index is 12.0. The van der Waals surface area contributed by atoms with Gasteiger partial charge >= 0.3 is 6.09 Å². The normalized spacial score (nSPS) is 24.6. The van der Waals surface area contributed by atoms with Gasteiger partial charge in [-0.1, -0.05) is 13.8 Å². The Morgan fingerprint density at radius 3 is 2.47 bits per heavy atom. The standard InChI is InChI=1S/C13H26N2O2/c1-12(2,3)17-11(16)15-7-6-10(8-14)13(4,5)9-15/h10H,6-9,14H2,1-5H3. The summed E-state index contributed by atoms with van der Waals surface area (Å²) in [6.07, 6.45) is 0.754. The third kappa shape index (κ3) is 3.87. The van der Waals surface area contributed by atoms with Crippen LogP contribution in [0, 0.1) is 11.3 Å². The molecule has 1 atom stereocenters. The highest BCUT2D eigenvalue weighted by molar-refractivity contribution is 5.68. The van der Waals surface area contributed by atoms with Gasteiger partial charge in [-0.3, -0.25) is 0 Å². The largest absolute Gasteiger partial charge is 0.444 e. The van der Waals surface area contributed by atoms with E-state index in [9.17, 15) is 4.79 Å². The SMILES string of the molecule is CC(C)(C)OC(=O)N1CCC(CN)C(C)(C)C1. The summed E-state index contributed by atoms with van der Waals surface area (Å²) in [5.74, 6) is 0.487. The number of hydrogen-bond donors (Lipinski definition) is 1. The molecule has 1 aliphatic rings. The molecule has 1 amide bonds. The number of carbonyl (C=O) groups excluding carboxylic acids is 1.